The van der Waals surface area contributed by atoms with Crippen LogP contribution >= 0.6 is 0 Å². The molecule has 1 aromatic carbocycles. The first-order valence-corrected chi connectivity index (χ1v) is 10.6. The van der Waals surface area contributed by atoms with Gasteiger partial charge in [-0.25, -0.2) is 0 Å². The molecular formula is C23H37N3O2. The molecule has 0 spiro atoms. The van der Waals surface area contributed by atoms with Crippen LogP contribution in [0.2, 0.25) is 0 Å². The van der Waals surface area contributed by atoms with Crippen LogP contribution in [0.1, 0.15) is 60.3 Å². The van der Waals surface area contributed by atoms with Crippen LogP contribution in [0.15, 0.2) is 24.3 Å². The van der Waals surface area contributed by atoms with Crippen molar-refractivity contribution in [2.45, 2.75) is 60.3 Å². The zero-order valence-electron chi connectivity index (χ0n) is 18.3. The fraction of sp³-hybridized carbons (Fsp3) is 0.652. The average Bonchev–Trinajstić information content (AvgIpc) is 2.61. The minimum atomic E-state index is 0.0584. The van der Waals surface area contributed by atoms with Gasteiger partial charge in [0.2, 0.25) is 11.8 Å². The van der Waals surface area contributed by atoms with Crippen LogP contribution in [-0.2, 0) is 9.59 Å². The minimum Gasteiger partial charge on any atom is -0.368 e. The normalized spacial score (nSPS) is 16.0. The van der Waals surface area contributed by atoms with Crippen LogP contribution in [0.5, 0.6) is 0 Å². The molecule has 1 fully saturated rings. The molecule has 2 amide bonds. The van der Waals surface area contributed by atoms with Gasteiger partial charge in [0.15, 0.2) is 0 Å². The minimum absolute atomic E-state index is 0.0584. The van der Waals surface area contributed by atoms with Gasteiger partial charge in [-0.1, -0.05) is 34.6 Å². The van der Waals surface area contributed by atoms with E-state index in [4.69, 9.17) is 0 Å². The van der Waals surface area contributed by atoms with E-state index in [9.17, 15) is 9.59 Å². The van der Waals surface area contributed by atoms with Crippen molar-refractivity contribution < 1.29 is 9.59 Å². The number of piperazine rings is 1. The van der Waals surface area contributed by atoms with Gasteiger partial charge in [-0.3, -0.25) is 9.59 Å². The summed E-state index contributed by atoms with van der Waals surface area (Å²) in [5, 5.41) is 2.92. The van der Waals surface area contributed by atoms with E-state index < -0.39 is 0 Å². The van der Waals surface area contributed by atoms with E-state index in [-0.39, 0.29) is 17.2 Å². The SMILES string of the molecule is CCCC(=O)Nc1ccc(N2CCN(C(=O)C[C@H](C)CC(C)(C)C)CC2)cc1. The van der Waals surface area contributed by atoms with Gasteiger partial charge < -0.3 is 15.1 Å². The molecule has 5 heteroatoms. The molecule has 1 heterocycles. The van der Waals surface area contributed by atoms with Crippen LogP contribution < -0.4 is 10.2 Å². The third kappa shape index (κ3) is 7.17. The summed E-state index contributed by atoms with van der Waals surface area (Å²) in [4.78, 5) is 28.6. The van der Waals surface area contributed by atoms with Crippen molar-refractivity contribution in [3.63, 3.8) is 0 Å². The largest absolute Gasteiger partial charge is 0.368 e. The Labute approximate surface area is 170 Å². The fourth-order valence-corrected chi connectivity index (χ4v) is 3.96. The molecule has 5 nitrogen and oxygen atoms in total. The second-order valence-electron chi connectivity index (χ2n) is 9.29. The number of rotatable bonds is 7. The maximum absolute atomic E-state index is 12.6. The Bertz CT molecular complexity index is 641. The number of nitrogens with zero attached hydrogens (tertiary/aromatic N) is 2. The zero-order valence-corrected chi connectivity index (χ0v) is 18.3. The Morgan fingerprint density at radius 3 is 2.21 bits per heavy atom. The molecule has 0 saturated carbocycles. The van der Waals surface area contributed by atoms with Gasteiger partial charge in [0, 0.05) is 50.4 Å². The number of nitrogens with one attached hydrogen (secondary N) is 1. The van der Waals surface area contributed by atoms with Gasteiger partial charge in [-0.15, -0.1) is 0 Å². The molecule has 0 radical (unpaired) electrons. The van der Waals surface area contributed by atoms with Crippen LogP contribution in [-0.4, -0.2) is 42.9 Å². The number of amides is 2. The van der Waals surface area contributed by atoms with Crippen molar-refractivity contribution in [3.05, 3.63) is 24.3 Å². The Kier molecular flexibility index (Phi) is 7.90. The Morgan fingerprint density at radius 1 is 1.07 bits per heavy atom. The van der Waals surface area contributed by atoms with E-state index in [0.29, 0.717) is 18.8 Å². The number of anilines is 2. The average molecular weight is 388 g/mol. The van der Waals surface area contributed by atoms with E-state index in [2.05, 4.69) is 37.9 Å². The quantitative estimate of drug-likeness (QED) is 0.747. The molecular weight excluding hydrogens is 350 g/mol. The monoisotopic (exact) mass is 387 g/mol. The Morgan fingerprint density at radius 2 is 1.68 bits per heavy atom. The van der Waals surface area contributed by atoms with Crippen LogP contribution in [0.4, 0.5) is 11.4 Å². The number of hydrogen-bond acceptors (Lipinski definition) is 3. The highest BCUT2D eigenvalue weighted by Gasteiger charge is 2.24. The van der Waals surface area contributed by atoms with Crippen molar-refractivity contribution in [2.75, 3.05) is 36.4 Å². The highest BCUT2D eigenvalue weighted by molar-refractivity contribution is 5.90. The van der Waals surface area contributed by atoms with E-state index in [0.717, 1.165) is 50.4 Å². The molecule has 2 rings (SSSR count). The summed E-state index contributed by atoms with van der Waals surface area (Å²) in [5.41, 5.74) is 2.24. The van der Waals surface area contributed by atoms with Crippen LogP contribution in [0, 0.1) is 11.3 Å². The molecule has 156 valence electrons. The maximum atomic E-state index is 12.6. The van der Waals surface area contributed by atoms with Gasteiger partial charge in [-0.05, 0) is 48.4 Å². The summed E-state index contributed by atoms with van der Waals surface area (Å²) in [6.45, 7) is 14.1. The van der Waals surface area contributed by atoms with Gasteiger partial charge in [0.1, 0.15) is 0 Å². The molecule has 1 aliphatic heterocycles. The first kappa shape index (κ1) is 22.3. The standard InChI is InChI=1S/C23H37N3O2/c1-6-7-21(27)24-19-8-10-20(11-9-19)25-12-14-26(15-13-25)22(28)16-18(2)17-23(3,4)5/h8-11,18H,6-7,12-17H2,1-5H3,(H,24,27)/t18-/m0/s1. The summed E-state index contributed by atoms with van der Waals surface area (Å²) >= 11 is 0. The van der Waals surface area contributed by atoms with Gasteiger partial charge >= 0.3 is 0 Å². The number of carbonyl (C=O) groups is 2. The molecule has 1 aromatic rings. The summed E-state index contributed by atoms with van der Waals surface area (Å²) in [5.74, 6) is 0.759. The van der Waals surface area contributed by atoms with Crippen molar-refractivity contribution in [2.24, 2.45) is 11.3 Å². The molecule has 0 bridgehead atoms. The third-order valence-electron chi connectivity index (χ3n) is 5.11. The Hall–Kier alpha value is -2.04. The smallest absolute Gasteiger partial charge is 0.224 e. The molecule has 1 aliphatic rings. The van der Waals surface area contributed by atoms with E-state index in [1.165, 1.54) is 0 Å². The summed E-state index contributed by atoms with van der Waals surface area (Å²) in [6.07, 6.45) is 3.11. The van der Waals surface area contributed by atoms with E-state index >= 15 is 0 Å². The molecule has 1 N–H and O–H groups in total. The first-order chi connectivity index (χ1) is 13.2. The molecule has 1 saturated heterocycles. The lowest BCUT2D eigenvalue weighted by Crippen LogP contribution is -2.49. The summed E-state index contributed by atoms with van der Waals surface area (Å²) in [6, 6.07) is 8.00. The van der Waals surface area contributed by atoms with Gasteiger partial charge in [-0.2, -0.15) is 0 Å². The third-order valence-corrected chi connectivity index (χ3v) is 5.11. The lowest BCUT2D eigenvalue weighted by atomic mass is 9.84. The predicted octanol–water partition coefficient (Wildman–Crippen LogP) is 4.54. The van der Waals surface area contributed by atoms with Crippen LogP contribution in [0.3, 0.4) is 0 Å². The maximum Gasteiger partial charge on any atom is 0.224 e. The fourth-order valence-electron chi connectivity index (χ4n) is 3.96. The van der Waals surface area contributed by atoms with Crippen molar-refractivity contribution in [1.82, 2.24) is 4.90 Å². The van der Waals surface area contributed by atoms with Crippen LogP contribution in [0.25, 0.3) is 0 Å². The topological polar surface area (TPSA) is 52.7 Å². The molecule has 0 unspecified atom stereocenters. The first-order valence-electron chi connectivity index (χ1n) is 10.6. The highest BCUT2D eigenvalue weighted by atomic mass is 16.2. The Balaban J connectivity index is 1.81. The number of hydrogen-bond donors (Lipinski definition) is 1. The van der Waals surface area contributed by atoms with Gasteiger partial charge in [0.25, 0.3) is 0 Å². The highest BCUT2D eigenvalue weighted by Crippen LogP contribution is 2.27. The second kappa shape index (κ2) is 9.94. The van der Waals surface area contributed by atoms with Crippen molar-refractivity contribution in [1.29, 1.82) is 0 Å². The predicted molar refractivity (Wildman–Crippen MR) is 117 cm³/mol. The van der Waals surface area contributed by atoms with Crippen molar-refractivity contribution in [3.8, 4) is 0 Å². The summed E-state index contributed by atoms with van der Waals surface area (Å²) < 4.78 is 0. The molecule has 0 aromatic heterocycles. The van der Waals surface area contributed by atoms with E-state index in [1.54, 1.807) is 0 Å². The second-order valence-corrected chi connectivity index (χ2v) is 9.29. The lowest BCUT2D eigenvalue weighted by Gasteiger charge is -2.37. The lowest BCUT2D eigenvalue weighted by molar-refractivity contribution is -0.132. The molecule has 1 atom stereocenters. The van der Waals surface area contributed by atoms with Crippen molar-refractivity contribution >= 4 is 23.2 Å². The zero-order chi connectivity index (χ0) is 20.7. The molecule has 28 heavy (non-hydrogen) atoms. The number of benzene rings is 1. The van der Waals surface area contributed by atoms with Gasteiger partial charge in [0.05, 0.1) is 0 Å². The van der Waals surface area contributed by atoms with E-state index in [1.807, 2.05) is 36.1 Å². The molecule has 0 aliphatic carbocycles. The summed E-state index contributed by atoms with van der Waals surface area (Å²) in [7, 11) is 0. The number of carbonyl (C=O) groups excluding carboxylic acids is 2.